The maximum Gasteiger partial charge on any atom is 0.0374 e. The van der Waals surface area contributed by atoms with Gasteiger partial charge in [0.2, 0.25) is 0 Å². The van der Waals surface area contributed by atoms with Crippen LogP contribution in [0.5, 0.6) is 0 Å². The zero-order valence-corrected chi connectivity index (χ0v) is 10.5. The summed E-state index contributed by atoms with van der Waals surface area (Å²) in [6, 6.07) is 0. The molecule has 1 aliphatic heterocycles. The Morgan fingerprint density at radius 1 is 1.62 bits per heavy atom. The van der Waals surface area contributed by atoms with Crippen molar-refractivity contribution in [2.24, 2.45) is 0 Å². The molecule has 0 aromatic heterocycles. The predicted octanol–water partition coefficient (Wildman–Crippen LogP) is 0.582. The van der Waals surface area contributed by atoms with Crippen molar-refractivity contribution >= 4 is 19.9 Å². The summed E-state index contributed by atoms with van der Waals surface area (Å²) in [4.78, 5) is 0. The van der Waals surface area contributed by atoms with Crippen LogP contribution in [-0.2, 0) is 19.9 Å². The third kappa shape index (κ3) is 1.66. The molecule has 13 heavy (non-hydrogen) atoms. The smallest absolute Gasteiger partial charge is 0.0374 e. The van der Waals surface area contributed by atoms with E-state index in [4.69, 9.17) is 0 Å². The van der Waals surface area contributed by atoms with Gasteiger partial charge in [-0.05, 0) is 17.9 Å². The zero-order chi connectivity index (χ0) is 10.4. The van der Waals surface area contributed by atoms with E-state index in [9.17, 15) is 8.42 Å². The molecule has 3 atom stereocenters. The first kappa shape index (κ1) is 11.1. The van der Waals surface area contributed by atoms with Crippen LogP contribution in [0.2, 0.25) is 0 Å². The summed E-state index contributed by atoms with van der Waals surface area (Å²) >= 11 is 0. The van der Waals surface area contributed by atoms with Gasteiger partial charge in [-0.25, -0.2) is 0 Å². The third-order valence-corrected chi connectivity index (χ3v) is 10.0. The minimum absolute atomic E-state index is 0.0378. The molecule has 0 amide bonds. The van der Waals surface area contributed by atoms with Gasteiger partial charge in [-0.1, -0.05) is 40.3 Å². The lowest BCUT2D eigenvalue weighted by Gasteiger charge is -2.22. The van der Waals surface area contributed by atoms with Crippen molar-refractivity contribution in [1.29, 1.82) is 0 Å². The van der Waals surface area contributed by atoms with Gasteiger partial charge in [0.25, 0.3) is 0 Å². The van der Waals surface area contributed by atoms with Crippen LogP contribution in [0.15, 0.2) is 12.0 Å². The fourth-order valence-electron chi connectivity index (χ4n) is 1.95. The summed E-state index contributed by atoms with van der Waals surface area (Å²) in [6.07, 6.45) is 3.55. The van der Waals surface area contributed by atoms with E-state index in [2.05, 4.69) is 6.58 Å². The van der Waals surface area contributed by atoms with Crippen molar-refractivity contribution in [3.05, 3.63) is 12.0 Å². The molecule has 3 unspecified atom stereocenters. The number of hydrogen-bond donors (Lipinski definition) is 2. The van der Waals surface area contributed by atoms with Crippen LogP contribution in [-0.4, -0.2) is 36.7 Å². The van der Waals surface area contributed by atoms with Crippen LogP contribution in [0.25, 0.3) is 0 Å². The molecule has 0 saturated carbocycles. The highest BCUT2D eigenvalue weighted by Crippen LogP contribution is 2.43. The molecular weight excluding hydrogens is 204 g/mol. The number of thiol groups is 2. The van der Waals surface area contributed by atoms with Gasteiger partial charge in [-0.2, -0.15) is 0 Å². The molecule has 0 spiro atoms. The van der Waals surface area contributed by atoms with Crippen LogP contribution in [0, 0.1) is 0 Å². The fourth-order valence-corrected chi connectivity index (χ4v) is 7.84. The molecule has 0 radical (unpaired) electrons. The quantitative estimate of drug-likeness (QED) is 0.543. The highest BCUT2D eigenvalue weighted by Gasteiger charge is 2.54. The second kappa shape index (κ2) is 3.02. The van der Waals surface area contributed by atoms with Crippen molar-refractivity contribution < 1.29 is 8.42 Å². The molecule has 1 aliphatic rings. The van der Waals surface area contributed by atoms with Crippen molar-refractivity contribution in [2.75, 3.05) is 12.5 Å². The molecule has 1 fully saturated rings. The Hall–Kier alpha value is 0.0400. The minimum Gasteiger partial charge on any atom is -0.284 e. The minimum atomic E-state index is -2.28. The molecular formula is C9H20O2S2. The van der Waals surface area contributed by atoms with Gasteiger partial charge in [-0.15, -0.1) is 0 Å². The molecule has 1 rings (SSSR count). The van der Waals surface area contributed by atoms with E-state index in [0.717, 1.165) is 0 Å². The second-order valence-corrected chi connectivity index (χ2v) is 11.1. The second-order valence-electron chi connectivity index (χ2n) is 4.27. The van der Waals surface area contributed by atoms with E-state index >= 15 is 0 Å². The lowest BCUT2D eigenvalue weighted by molar-refractivity contribution is 0.666. The zero-order valence-electron chi connectivity index (χ0n) is 8.73. The van der Waals surface area contributed by atoms with Crippen LogP contribution in [0.4, 0.5) is 0 Å². The highest BCUT2D eigenvalue weighted by molar-refractivity contribution is 8.12. The summed E-state index contributed by atoms with van der Waals surface area (Å²) in [6.45, 7) is 7.51. The molecule has 2 nitrogen and oxygen atoms in total. The van der Waals surface area contributed by atoms with Gasteiger partial charge < -0.3 is 0 Å². The molecule has 0 aromatic carbocycles. The van der Waals surface area contributed by atoms with Gasteiger partial charge >= 0.3 is 0 Å². The molecule has 0 N–H and O–H groups in total. The average molecular weight is 224 g/mol. The number of rotatable bonds is 3. The SMILES string of the molecule is C=C[SH](C)(=O)C(C)C1C(C)[SH]1(C)=O. The van der Waals surface area contributed by atoms with E-state index in [1.807, 2.05) is 20.1 Å². The Balaban J connectivity index is 2.84. The Labute approximate surface area is 82.6 Å². The topological polar surface area (TPSA) is 34.1 Å². The Morgan fingerprint density at radius 3 is 2.23 bits per heavy atom. The van der Waals surface area contributed by atoms with E-state index < -0.39 is 19.9 Å². The van der Waals surface area contributed by atoms with Gasteiger partial charge in [0.05, 0.1) is 0 Å². The van der Waals surface area contributed by atoms with Crippen molar-refractivity contribution in [2.45, 2.75) is 29.6 Å². The molecule has 1 heterocycles. The average Bonchev–Trinajstić information content (AvgIpc) is 2.50. The summed E-state index contributed by atoms with van der Waals surface area (Å²) in [5.74, 6) is 0. The molecule has 1 saturated heterocycles. The van der Waals surface area contributed by atoms with Crippen molar-refractivity contribution in [1.82, 2.24) is 0 Å². The summed E-state index contributed by atoms with van der Waals surface area (Å²) < 4.78 is 23.8. The first-order chi connectivity index (χ1) is 5.75. The molecule has 0 bridgehead atoms. The lowest BCUT2D eigenvalue weighted by Crippen LogP contribution is -2.29. The van der Waals surface area contributed by atoms with Gasteiger partial charge in [0.1, 0.15) is 0 Å². The van der Waals surface area contributed by atoms with Gasteiger partial charge in [0.15, 0.2) is 0 Å². The molecule has 0 aromatic rings. The number of hydrogen-bond acceptors (Lipinski definition) is 2. The lowest BCUT2D eigenvalue weighted by atomic mass is 10.3. The maximum absolute atomic E-state index is 12.0. The van der Waals surface area contributed by atoms with Crippen LogP contribution in [0.3, 0.4) is 0 Å². The summed E-state index contributed by atoms with van der Waals surface area (Å²) in [7, 11) is -4.26. The monoisotopic (exact) mass is 224 g/mol. The fraction of sp³-hybridized carbons (Fsp3) is 0.778. The van der Waals surface area contributed by atoms with Crippen LogP contribution < -0.4 is 0 Å². The standard InChI is InChI=1S/C9H20O2S2/c1-6-12(4,10)7(2)9-8(3)13(9,5)11/h6-9,12-13H,1H2,2-5H3. The van der Waals surface area contributed by atoms with Crippen LogP contribution in [0.1, 0.15) is 13.8 Å². The normalized spacial score (nSPS) is 37.5. The van der Waals surface area contributed by atoms with E-state index in [1.54, 1.807) is 11.7 Å². The molecule has 80 valence electrons. The Bertz CT molecular complexity index is 322. The third-order valence-electron chi connectivity index (χ3n) is 3.47. The summed E-state index contributed by atoms with van der Waals surface area (Å²) in [5, 5.41) is 2.01. The predicted molar refractivity (Wildman–Crippen MR) is 63.8 cm³/mol. The van der Waals surface area contributed by atoms with E-state index in [1.165, 1.54) is 0 Å². The molecule has 4 heteroatoms. The summed E-state index contributed by atoms with van der Waals surface area (Å²) in [5.41, 5.74) is 0. The van der Waals surface area contributed by atoms with Gasteiger partial charge in [-0.3, -0.25) is 8.42 Å². The molecule has 0 aliphatic carbocycles. The largest absolute Gasteiger partial charge is 0.284 e. The Morgan fingerprint density at radius 2 is 2.00 bits per heavy atom. The van der Waals surface area contributed by atoms with Gasteiger partial charge in [0, 0.05) is 15.7 Å². The van der Waals surface area contributed by atoms with Crippen LogP contribution >= 0.6 is 0 Å². The van der Waals surface area contributed by atoms with Crippen molar-refractivity contribution in [3.63, 3.8) is 0 Å². The van der Waals surface area contributed by atoms with Crippen molar-refractivity contribution in [3.8, 4) is 0 Å². The highest BCUT2D eigenvalue weighted by atomic mass is 32.3. The Kier molecular flexibility index (Phi) is 2.58. The maximum atomic E-state index is 12.0. The van der Waals surface area contributed by atoms with E-state index in [-0.39, 0.29) is 15.7 Å². The first-order valence-corrected chi connectivity index (χ1v) is 9.11. The first-order valence-electron chi connectivity index (χ1n) is 4.52. The van der Waals surface area contributed by atoms with E-state index in [0.29, 0.717) is 0 Å².